The van der Waals surface area contributed by atoms with Crippen LogP contribution in [0.15, 0.2) is 12.5 Å². The third-order valence-corrected chi connectivity index (χ3v) is 1.18. The van der Waals surface area contributed by atoms with Crippen LogP contribution in [-0.2, 0) is 0 Å². The second-order valence-electron chi connectivity index (χ2n) is 1.77. The summed E-state index contributed by atoms with van der Waals surface area (Å²) in [4.78, 5) is 7.82. The molecule has 0 spiro atoms. The standard InChI is InChI=1S/C6H9N3.C2H6/c1-5-6(7-2)3-8-4-9-5;1-2/h3-4,7H,1-2H3;1-2H3. The Kier molecular flexibility index (Phi) is 5.07. The normalized spacial score (nSPS) is 8.00. The van der Waals surface area contributed by atoms with Gasteiger partial charge in [-0.25, -0.2) is 9.97 Å². The Bertz CT molecular complexity index is 198. The maximum Gasteiger partial charge on any atom is 0.115 e. The van der Waals surface area contributed by atoms with E-state index in [9.17, 15) is 0 Å². The highest BCUT2D eigenvalue weighted by atomic mass is 14.9. The summed E-state index contributed by atoms with van der Waals surface area (Å²) < 4.78 is 0. The van der Waals surface area contributed by atoms with Gasteiger partial charge in [0.25, 0.3) is 0 Å². The monoisotopic (exact) mass is 153 g/mol. The number of nitrogens with one attached hydrogen (secondary N) is 1. The first-order chi connectivity index (χ1) is 5.34. The quantitative estimate of drug-likeness (QED) is 0.669. The van der Waals surface area contributed by atoms with Gasteiger partial charge in [0, 0.05) is 7.05 Å². The van der Waals surface area contributed by atoms with Crippen molar-refractivity contribution in [2.24, 2.45) is 0 Å². The van der Waals surface area contributed by atoms with Gasteiger partial charge in [0.1, 0.15) is 6.33 Å². The van der Waals surface area contributed by atoms with Crippen molar-refractivity contribution in [1.82, 2.24) is 9.97 Å². The first kappa shape index (κ1) is 9.88. The van der Waals surface area contributed by atoms with Crippen LogP contribution in [0.3, 0.4) is 0 Å². The van der Waals surface area contributed by atoms with Crippen LogP contribution in [0, 0.1) is 6.92 Å². The molecule has 1 N–H and O–H groups in total. The first-order valence-electron chi connectivity index (χ1n) is 3.79. The molecule has 1 aromatic heterocycles. The predicted molar refractivity (Wildman–Crippen MR) is 47.7 cm³/mol. The van der Waals surface area contributed by atoms with Crippen molar-refractivity contribution < 1.29 is 0 Å². The van der Waals surface area contributed by atoms with E-state index >= 15 is 0 Å². The number of aryl methyl sites for hydroxylation is 1. The number of hydrogen-bond donors (Lipinski definition) is 1. The molecule has 62 valence electrons. The van der Waals surface area contributed by atoms with Gasteiger partial charge in [-0.2, -0.15) is 0 Å². The molecule has 1 aromatic rings. The number of aromatic nitrogens is 2. The fraction of sp³-hybridized carbons (Fsp3) is 0.500. The van der Waals surface area contributed by atoms with Crippen LogP contribution < -0.4 is 5.32 Å². The Morgan fingerprint density at radius 1 is 1.36 bits per heavy atom. The third-order valence-electron chi connectivity index (χ3n) is 1.18. The minimum absolute atomic E-state index is 0.979. The largest absolute Gasteiger partial charge is 0.385 e. The zero-order chi connectivity index (χ0) is 8.69. The van der Waals surface area contributed by atoms with E-state index in [1.807, 2.05) is 27.8 Å². The molecule has 0 bridgehead atoms. The second kappa shape index (κ2) is 5.65. The molecule has 0 aromatic carbocycles. The van der Waals surface area contributed by atoms with Gasteiger partial charge in [0.15, 0.2) is 0 Å². The summed E-state index contributed by atoms with van der Waals surface area (Å²) in [7, 11) is 1.85. The Balaban J connectivity index is 0.000000461. The van der Waals surface area contributed by atoms with Crippen LogP contribution in [0.5, 0.6) is 0 Å². The third kappa shape index (κ3) is 2.98. The molecule has 0 unspecified atom stereocenters. The lowest BCUT2D eigenvalue weighted by molar-refractivity contribution is 1.10. The SMILES string of the molecule is CC.CNc1cncnc1C. The molecular weight excluding hydrogens is 138 g/mol. The second-order valence-corrected chi connectivity index (χ2v) is 1.77. The molecule has 0 aliphatic rings. The molecule has 1 heterocycles. The van der Waals surface area contributed by atoms with Gasteiger partial charge in [-0.1, -0.05) is 13.8 Å². The fourth-order valence-electron chi connectivity index (χ4n) is 0.636. The van der Waals surface area contributed by atoms with Crippen molar-refractivity contribution in [3.8, 4) is 0 Å². The average Bonchev–Trinajstić information content (AvgIpc) is 2.09. The van der Waals surface area contributed by atoms with Gasteiger partial charge in [-0.3, -0.25) is 0 Å². The van der Waals surface area contributed by atoms with E-state index < -0.39 is 0 Å². The Morgan fingerprint density at radius 2 is 2.00 bits per heavy atom. The maximum absolute atomic E-state index is 3.98. The average molecular weight is 153 g/mol. The Labute approximate surface area is 67.9 Å². The number of hydrogen-bond acceptors (Lipinski definition) is 3. The van der Waals surface area contributed by atoms with Gasteiger partial charge < -0.3 is 5.32 Å². The summed E-state index contributed by atoms with van der Waals surface area (Å²) in [6.45, 7) is 5.94. The molecule has 11 heavy (non-hydrogen) atoms. The van der Waals surface area contributed by atoms with Crippen molar-refractivity contribution in [2.45, 2.75) is 20.8 Å². The van der Waals surface area contributed by atoms with Crippen molar-refractivity contribution in [2.75, 3.05) is 12.4 Å². The summed E-state index contributed by atoms with van der Waals surface area (Å²) in [6.07, 6.45) is 3.29. The van der Waals surface area contributed by atoms with E-state index in [4.69, 9.17) is 0 Å². The zero-order valence-electron chi connectivity index (χ0n) is 7.55. The van der Waals surface area contributed by atoms with Crippen LogP contribution in [0.25, 0.3) is 0 Å². The van der Waals surface area contributed by atoms with Gasteiger partial charge in [-0.15, -0.1) is 0 Å². The molecule has 0 aliphatic carbocycles. The molecule has 0 fully saturated rings. The van der Waals surface area contributed by atoms with Crippen molar-refractivity contribution in [3.05, 3.63) is 18.2 Å². The minimum Gasteiger partial charge on any atom is -0.385 e. The lowest BCUT2D eigenvalue weighted by atomic mass is 10.4. The summed E-state index contributed by atoms with van der Waals surface area (Å²) in [5, 5.41) is 2.97. The molecule has 0 atom stereocenters. The molecule has 0 amide bonds. The highest BCUT2D eigenvalue weighted by molar-refractivity contribution is 5.43. The van der Waals surface area contributed by atoms with E-state index in [2.05, 4.69) is 15.3 Å². The van der Waals surface area contributed by atoms with Crippen LogP contribution in [0.4, 0.5) is 5.69 Å². The summed E-state index contributed by atoms with van der Waals surface area (Å²) >= 11 is 0. The van der Waals surface area contributed by atoms with E-state index in [0.29, 0.717) is 0 Å². The number of nitrogens with zero attached hydrogens (tertiary/aromatic N) is 2. The van der Waals surface area contributed by atoms with Gasteiger partial charge >= 0.3 is 0 Å². The number of anilines is 1. The predicted octanol–water partition coefficient (Wildman–Crippen LogP) is 1.85. The molecule has 1 rings (SSSR count). The molecular formula is C8H15N3. The molecule has 0 aliphatic heterocycles. The van der Waals surface area contributed by atoms with Gasteiger partial charge in [0.05, 0.1) is 17.6 Å². The molecule has 3 nitrogen and oxygen atoms in total. The fourth-order valence-corrected chi connectivity index (χ4v) is 0.636. The van der Waals surface area contributed by atoms with Crippen molar-refractivity contribution >= 4 is 5.69 Å². The summed E-state index contributed by atoms with van der Waals surface area (Å²) in [6, 6.07) is 0. The topological polar surface area (TPSA) is 37.8 Å². The lowest BCUT2D eigenvalue weighted by Gasteiger charge is -1.99. The summed E-state index contributed by atoms with van der Waals surface area (Å²) in [5.41, 5.74) is 1.96. The van der Waals surface area contributed by atoms with Gasteiger partial charge in [0.2, 0.25) is 0 Å². The van der Waals surface area contributed by atoms with E-state index in [1.54, 1.807) is 6.20 Å². The molecule has 3 heteroatoms. The molecule has 0 radical (unpaired) electrons. The lowest BCUT2D eigenvalue weighted by Crippen LogP contribution is -1.93. The molecule has 0 saturated carbocycles. The van der Waals surface area contributed by atoms with Gasteiger partial charge in [-0.05, 0) is 6.92 Å². The van der Waals surface area contributed by atoms with E-state index in [1.165, 1.54) is 6.33 Å². The zero-order valence-corrected chi connectivity index (χ0v) is 7.55. The number of rotatable bonds is 1. The minimum atomic E-state index is 0.979. The smallest absolute Gasteiger partial charge is 0.115 e. The Hall–Kier alpha value is -1.12. The molecule has 0 saturated heterocycles. The van der Waals surface area contributed by atoms with Crippen LogP contribution in [0.2, 0.25) is 0 Å². The Morgan fingerprint density at radius 3 is 2.36 bits per heavy atom. The van der Waals surface area contributed by atoms with Crippen LogP contribution in [0.1, 0.15) is 19.5 Å². The van der Waals surface area contributed by atoms with E-state index in [-0.39, 0.29) is 0 Å². The van der Waals surface area contributed by atoms with Crippen LogP contribution in [-0.4, -0.2) is 17.0 Å². The van der Waals surface area contributed by atoms with Crippen LogP contribution >= 0.6 is 0 Å². The highest BCUT2D eigenvalue weighted by Crippen LogP contribution is 2.05. The first-order valence-corrected chi connectivity index (χ1v) is 3.79. The van der Waals surface area contributed by atoms with E-state index in [0.717, 1.165) is 11.4 Å². The van der Waals surface area contributed by atoms with Crippen molar-refractivity contribution in [3.63, 3.8) is 0 Å². The summed E-state index contributed by atoms with van der Waals surface area (Å²) in [5.74, 6) is 0. The maximum atomic E-state index is 3.98. The highest BCUT2D eigenvalue weighted by Gasteiger charge is 1.91. The van der Waals surface area contributed by atoms with Crippen molar-refractivity contribution in [1.29, 1.82) is 0 Å².